The van der Waals surface area contributed by atoms with Gasteiger partial charge in [-0.25, -0.2) is 10.8 Å². The highest BCUT2D eigenvalue weighted by Crippen LogP contribution is 2.28. The van der Waals surface area contributed by atoms with Gasteiger partial charge in [-0.05, 0) is 35.3 Å². The van der Waals surface area contributed by atoms with E-state index < -0.39 is 0 Å². The molecule has 0 radical (unpaired) electrons. The molecule has 18 heavy (non-hydrogen) atoms. The Hall–Kier alpha value is -1.05. The molecule has 5 nitrogen and oxygen atoms in total. The van der Waals surface area contributed by atoms with Crippen LogP contribution in [0.15, 0.2) is 11.4 Å². The zero-order valence-corrected chi connectivity index (χ0v) is 11.5. The molecule has 1 aliphatic heterocycles. The molecule has 2 aromatic heterocycles. The molecule has 0 saturated carbocycles. The van der Waals surface area contributed by atoms with Crippen LogP contribution in [-0.2, 0) is 0 Å². The largest absolute Gasteiger partial charge is 0.369 e. The number of hydrogen-bond donors (Lipinski definition) is 3. The van der Waals surface area contributed by atoms with Crippen LogP contribution in [0.2, 0.25) is 0 Å². The summed E-state index contributed by atoms with van der Waals surface area (Å²) in [5.41, 5.74) is 2.52. The Morgan fingerprint density at radius 1 is 1.44 bits per heavy atom. The van der Waals surface area contributed by atoms with Gasteiger partial charge < -0.3 is 5.32 Å². The second-order valence-electron chi connectivity index (χ2n) is 4.29. The molecule has 3 heterocycles. The fourth-order valence-corrected chi connectivity index (χ4v) is 4.09. The molecular formula is C11H15N5S2. The van der Waals surface area contributed by atoms with Gasteiger partial charge in [0.1, 0.15) is 10.6 Å². The molecule has 4 N–H and O–H groups in total. The molecule has 1 unspecified atom stereocenters. The molecule has 96 valence electrons. The van der Waals surface area contributed by atoms with Crippen LogP contribution in [0.25, 0.3) is 10.2 Å². The lowest BCUT2D eigenvalue weighted by atomic mass is 10.1. The third-order valence-corrected chi connectivity index (χ3v) is 5.07. The number of nitrogens with zero attached hydrogens (tertiary/aromatic N) is 2. The first kappa shape index (κ1) is 12.0. The number of hydrogen-bond acceptors (Lipinski definition) is 7. The van der Waals surface area contributed by atoms with Crippen molar-refractivity contribution in [2.45, 2.75) is 6.42 Å². The van der Waals surface area contributed by atoms with Gasteiger partial charge in [-0.2, -0.15) is 16.7 Å². The number of fused-ring (bicyclic) bond motifs is 1. The maximum absolute atomic E-state index is 5.40. The summed E-state index contributed by atoms with van der Waals surface area (Å²) < 4.78 is 0. The number of nitrogens with two attached hydrogens (primary N) is 1. The molecule has 0 amide bonds. The van der Waals surface area contributed by atoms with Gasteiger partial charge in [0, 0.05) is 6.54 Å². The number of anilines is 2. The first-order valence-corrected chi connectivity index (χ1v) is 7.93. The van der Waals surface area contributed by atoms with Crippen molar-refractivity contribution in [1.29, 1.82) is 0 Å². The van der Waals surface area contributed by atoms with Crippen LogP contribution >= 0.6 is 23.1 Å². The van der Waals surface area contributed by atoms with E-state index in [-0.39, 0.29) is 0 Å². The van der Waals surface area contributed by atoms with Gasteiger partial charge in [0.05, 0.1) is 5.39 Å². The molecule has 0 bridgehead atoms. The number of nitrogens with one attached hydrogen (secondary N) is 2. The lowest BCUT2D eigenvalue weighted by Gasteiger charge is -2.12. The van der Waals surface area contributed by atoms with Crippen molar-refractivity contribution in [1.82, 2.24) is 9.97 Å². The maximum atomic E-state index is 5.40. The number of aromatic nitrogens is 2. The SMILES string of the molecule is NNc1nc(NCC2CCSC2)c2ccsc2n1. The molecule has 0 aliphatic carbocycles. The third-order valence-electron chi connectivity index (χ3n) is 3.04. The molecule has 1 saturated heterocycles. The van der Waals surface area contributed by atoms with Crippen molar-refractivity contribution in [3.05, 3.63) is 11.4 Å². The molecule has 1 aliphatic rings. The van der Waals surface area contributed by atoms with Crippen LogP contribution in [0.3, 0.4) is 0 Å². The van der Waals surface area contributed by atoms with E-state index in [1.165, 1.54) is 17.9 Å². The normalized spacial score (nSPS) is 19.3. The van der Waals surface area contributed by atoms with Gasteiger partial charge >= 0.3 is 0 Å². The number of thioether (sulfide) groups is 1. The molecule has 3 rings (SSSR count). The highest BCUT2D eigenvalue weighted by molar-refractivity contribution is 7.99. The third kappa shape index (κ3) is 2.38. The molecule has 1 atom stereocenters. The van der Waals surface area contributed by atoms with Gasteiger partial charge in [0.15, 0.2) is 0 Å². The first-order valence-electron chi connectivity index (χ1n) is 5.90. The van der Waals surface area contributed by atoms with Crippen LogP contribution in [0.5, 0.6) is 0 Å². The number of thiophene rings is 1. The van der Waals surface area contributed by atoms with E-state index >= 15 is 0 Å². The van der Waals surface area contributed by atoms with Crippen molar-refractivity contribution in [3.8, 4) is 0 Å². The van der Waals surface area contributed by atoms with Crippen molar-refractivity contribution >= 4 is 45.1 Å². The average molecular weight is 281 g/mol. The molecule has 7 heteroatoms. The highest BCUT2D eigenvalue weighted by Gasteiger charge is 2.16. The second kappa shape index (κ2) is 5.29. The molecule has 0 aromatic carbocycles. The Labute approximate surface area is 114 Å². The van der Waals surface area contributed by atoms with Crippen LogP contribution in [-0.4, -0.2) is 28.0 Å². The minimum Gasteiger partial charge on any atom is -0.369 e. The van der Waals surface area contributed by atoms with Gasteiger partial charge in [0.2, 0.25) is 5.95 Å². The van der Waals surface area contributed by atoms with E-state index in [0.29, 0.717) is 5.95 Å². The van der Waals surface area contributed by atoms with E-state index in [0.717, 1.165) is 28.5 Å². The summed E-state index contributed by atoms with van der Waals surface area (Å²) in [6.45, 7) is 0.971. The summed E-state index contributed by atoms with van der Waals surface area (Å²) >= 11 is 3.63. The Bertz CT molecular complexity index is 535. The van der Waals surface area contributed by atoms with Crippen LogP contribution in [0, 0.1) is 5.92 Å². The van der Waals surface area contributed by atoms with Crippen molar-refractivity contribution in [2.24, 2.45) is 11.8 Å². The van der Waals surface area contributed by atoms with Crippen molar-refractivity contribution in [3.63, 3.8) is 0 Å². The minimum atomic E-state index is 0.466. The van der Waals surface area contributed by atoms with E-state index in [9.17, 15) is 0 Å². The fraction of sp³-hybridized carbons (Fsp3) is 0.455. The monoisotopic (exact) mass is 281 g/mol. The summed E-state index contributed by atoms with van der Waals surface area (Å²) in [7, 11) is 0. The topological polar surface area (TPSA) is 75.9 Å². The predicted octanol–water partition coefficient (Wildman–Crippen LogP) is 2.14. The van der Waals surface area contributed by atoms with Gasteiger partial charge in [0.25, 0.3) is 0 Å². The Balaban J connectivity index is 1.82. The maximum Gasteiger partial charge on any atom is 0.240 e. The molecule has 0 spiro atoms. The smallest absolute Gasteiger partial charge is 0.240 e. The molecular weight excluding hydrogens is 266 g/mol. The fourth-order valence-electron chi connectivity index (χ4n) is 2.04. The van der Waals surface area contributed by atoms with E-state index in [2.05, 4.69) is 20.7 Å². The van der Waals surface area contributed by atoms with Crippen LogP contribution < -0.4 is 16.6 Å². The Kier molecular flexibility index (Phi) is 3.53. The van der Waals surface area contributed by atoms with Crippen molar-refractivity contribution < 1.29 is 0 Å². The predicted molar refractivity (Wildman–Crippen MR) is 79.1 cm³/mol. The summed E-state index contributed by atoms with van der Waals surface area (Å²) in [6.07, 6.45) is 1.29. The van der Waals surface area contributed by atoms with Crippen molar-refractivity contribution in [2.75, 3.05) is 28.8 Å². The van der Waals surface area contributed by atoms with Gasteiger partial charge in [-0.15, -0.1) is 11.3 Å². The van der Waals surface area contributed by atoms with Gasteiger partial charge in [-0.1, -0.05) is 0 Å². The zero-order valence-electron chi connectivity index (χ0n) is 9.85. The quantitative estimate of drug-likeness (QED) is 0.589. The first-order chi connectivity index (χ1) is 8.86. The number of hydrazine groups is 1. The average Bonchev–Trinajstić information content (AvgIpc) is 3.06. The van der Waals surface area contributed by atoms with Gasteiger partial charge in [-0.3, -0.25) is 5.43 Å². The minimum absolute atomic E-state index is 0.466. The standard InChI is InChI=1S/C11H15N5S2/c12-16-11-14-9(8-2-4-18-10(8)15-11)13-5-7-1-3-17-6-7/h2,4,7H,1,3,5-6,12H2,(H2,13,14,15,16). The van der Waals surface area contributed by atoms with Crippen LogP contribution in [0.4, 0.5) is 11.8 Å². The Morgan fingerprint density at radius 2 is 2.39 bits per heavy atom. The molecule has 2 aromatic rings. The van der Waals surface area contributed by atoms with E-state index in [1.807, 2.05) is 23.2 Å². The van der Waals surface area contributed by atoms with E-state index in [1.54, 1.807) is 11.3 Å². The van der Waals surface area contributed by atoms with E-state index in [4.69, 9.17) is 5.84 Å². The highest BCUT2D eigenvalue weighted by atomic mass is 32.2. The summed E-state index contributed by atoms with van der Waals surface area (Å²) in [5, 5.41) is 6.53. The lowest BCUT2D eigenvalue weighted by molar-refractivity contribution is 0.631. The molecule has 1 fully saturated rings. The lowest BCUT2D eigenvalue weighted by Crippen LogP contribution is -2.16. The number of nitrogen functional groups attached to an aromatic ring is 1. The van der Waals surface area contributed by atoms with Crippen LogP contribution in [0.1, 0.15) is 6.42 Å². The summed E-state index contributed by atoms with van der Waals surface area (Å²) in [6, 6.07) is 2.05. The number of rotatable bonds is 4. The second-order valence-corrected chi connectivity index (χ2v) is 6.33. The zero-order chi connectivity index (χ0) is 12.4. The Morgan fingerprint density at radius 3 is 3.17 bits per heavy atom. The summed E-state index contributed by atoms with van der Waals surface area (Å²) in [4.78, 5) is 9.67. The summed E-state index contributed by atoms with van der Waals surface area (Å²) in [5.74, 6) is 10.0.